The van der Waals surface area contributed by atoms with Crippen molar-refractivity contribution in [1.82, 2.24) is 29.8 Å². The van der Waals surface area contributed by atoms with Crippen LogP contribution in [-0.2, 0) is 16.1 Å². The Balaban J connectivity index is 1.58. The molecule has 5 rings (SSSR count). The van der Waals surface area contributed by atoms with Gasteiger partial charge >= 0.3 is 0 Å². The van der Waals surface area contributed by atoms with Crippen LogP contribution in [0.3, 0.4) is 0 Å². The number of likely N-dealkylation sites (N-methyl/N-ethyl adjacent to an activating group) is 1. The number of ether oxygens (including phenoxy) is 1. The van der Waals surface area contributed by atoms with E-state index in [0.29, 0.717) is 28.5 Å². The summed E-state index contributed by atoms with van der Waals surface area (Å²) in [6.07, 6.45) is -1.53. The third-order valence-electron chi connectivity index (χ3n) is 5.75. The number of fused-ring (bicyclic) bond motifs is 1. The van der Waals surface area contributed by atoms with Crippen LogP contribution in [0.4, 0.5) is 10.2 Å². The zero-order chi connectivity index (χ0) is 25.4. The first kappa shape index (κ1) is 24.0. The number of imidazole rings is 1. The van der Waals surface area contributed by atoms with E-state index in [2.05, 4.69) is 30.6 Å². The molecule has 1 fully saturated rings. The van der Waals surface area contributed by atoms with Crippen LogP contribution in [0.15, 0.2) is 49.1 Å². The Bertz CT molecular complexity index is 1430. The molecule has 0 saturated carbocycles. The highest BCUT2D eigenvalue weighted by Gasteiger charge is 2.47. The van der Waals surface area contributed by atoms with E-state index < -0.39 is 36.3 Å². The van der Waals surface area contributed by atoms with E-state index in [9.17, 15) is 19.4 Å². The van der Waals surface area contributed by atoms with Crippen molar-refractivity contribution >= 4 is 34.5 Å². The number of halogens is 2. The van der Waals surface area contributed by atoms with Gasteiger partial charge in [-0.2, -0.15) is 0 Å². The number of carbonyl (C=O) groups excluding carboxylic acids is 1. The van der Waals surface area contributed by atoms with Crippen molar-refractivity contribution in [3.63, 3.8) is 0 Å². The topological polar surface area (TPSA) is 147 Å². The second-order valence-corrected chi connectivity index (χ2v) is 8.57. The van der Waals surface area contributed by atoms with Gasteiger partial charge in [-0.3, -0.25) is 14.3 Å². The Morgan fingerprint density at radius 1 is 1.22 bits per heavy atom. The number of pyridine rings is 1. The number of hydrogen-bond acceptors (Lipinski definition) is 9. The summed E-state index contributed by atoms with van der Waals surface area (Å²) >= 11 is 6.09. The number of rotatable bonds is 6. The lowest BCUT2D eigenvalue weighted by molar-refractivity contribution is -0.137. The standard InChI is InChI=1S/C23H21ClFN7O4/c1-26-22(35)18-16(33)17(34)23(36-18)32-10-29-15-20(28-7-11-3-2-4-13(24)5-11)30-19(31-21(15)32)12-6-14(25)9-27-8-12/h2-6,8-10,16-18,23,33-34H,7H2,1H3,(H,26,35)(H,28,30,31)/t16-,17+,18-,23+/m0/s1. The number of hydrogen-bond donors (Lipinski definition) is 4. The third-order valence-corrected chi connectivity index (χ3v) is 5.99. The van der Waals surface area contributed by atoms with Gasteiger partial charge in [0.1, 0.15) is 18.0 Å². The molecule has 0 spiro atoms. The fourth-order valence-corrected chi connectivity index (χ4v) is 4.18. The average molecular weight is 514 g/mol. The fraction of sp³-hybridized carbons (Fsp3) is 0.261. The summed E-state index contributed by atoms with van der Waals surface area (Å²) < 4.78 is 21.0. The minimum Gasteiger partial charge on any atom is -0.387 e. The molecule has 0 aliphatic carbocycles. The van der Waals surface area contributed by atoms with Crippen LogP contribution in [0.25, 0.3) is 22.6 Å². The van der Waals surface area contributed by atoms with Crippen LogP contribution in [0, 0.1) is 5.82 Å². The van der Waals surface area contributed by atoms with E-state index in [1.807, 2.05) is 12.1 Å². The minimum atomic E-state index is -1.47. The smallest absolute Gasteiger partial charge is 0.251 e. The Labute approximate surface area is 209 Å². The molecule has 4 heterocycles. The summed E-state index contributed by atoms with van der Waals surface area (Å²) in [5, 5.41) is 27.2. The molecular weight excluding hydrogens is 493 g/mol. The van der Waals surface area contributed by atoms with E-state index in [-0.39, 0.29) is 11.5 Å². The van der Waals surface area contributed by atoms with E-state index in [1.165, 1.54) is 30.2 Å². The summed E-state index contributed by atoms with van der Waals surface area (Å²) in [7, 11) is 1.40. The molecule has 4 aromatic rings. The van der Waals surface area contributed by atoms with Crippen molar-refractivity contribution in [3.8, 4) is 11.4 Å². The highest BCUT2D eigenvalue weighted by Crippen LogP contribution is 2.33. The lowest BCUT2D eigenvalue weighted by Crippen LogP contribution is -2.41. The number of benzene rings is 1. The monoisotopic (exact) mass is 513 g/mol. The van der Waals surface area contributed by atoms with Crippen LogP contribution in [0.2, 0.25) is 5.02 Å². The molecule has 186 valence electrons. The summed E-state index contributed by atoms with van der Waals surface area (Å²) in [6.45, 7) is 0.348. The van der Waals surface area contributed by atoms with Crippen molar-refractivity contribution < 1.29 is 24.1 Å². The fourth-order valence-electron chi connectivity index (χ4n) is 3.97. The van der Waals surface area contributed by atoms with Crippen LogP contribution in [0.1, 0.15) is 11.8 Å². The molecule has 3 aromatic heterocycles. The predicted octanol–water partition coefficient (Wildman–Crippen LogP) is 1.66. The zero-order valence-electron chi connectivity index (χ0n) is 18.8. The number of anilines is 1. The molecule has 0 radical (unpaired) electrons. The van der Waals surface area contributed by atoms with E-state index in [4.69, 9.17) is 16.3 Å². The first-order valence-corrected chi connectivity index (χ1v) is 11.3. The summed E-state index contributed by atoms with van der Waals surface area (Å²) in [4.78, 5) is 29.4. The Morgan fingerprint density at radius 3 is 2.81 bits per heavy atom. The Hall–Kier alpha value is -3.71. The number of amides is 1. The number of aliphatic hydroxyl groups excluding tert-OH is 2. The predicted molar refractivity (Wildman–Crippen MR) is 127 cm³/mol. The molecule has 0 unspecified atom stereocenters. The van der Waals surface area contributed by atoms with Crippen molar-refractivity contribution in [2.24, 2.45) is 0 Å². The van der Waals surface area contributed by atoms with Crippen LogP contribution in [0.5, 0.6) is 0 Å². The van der Waals surface area contributed by atoms with Gasteiger partial charge in [-0.1, -0.05) is 23.7 Å². The first-order valence-electron chi connectivity index (χ1n) is 10.9. The number of aromatic nitrogens is 5. The lowest BCUT2D eigenvalue weighted by Gasteiger charge is -2.17. The van der Waals surface area contributed by atoms with Gasteiger partial charge in [0.05, 0.1) is 12.5 Å². The van der Waals surface area contributed by atoms with E-state index in [1.54, 1.807) is 12.1 Å². The van der Waals surface area contributed by atoms with Crippen LogP contribution in [-0.4, -0.2) is 66.0 Å². The van der Waals surface area contributed by atoms with Crippen molar-refractivity contribution in [2.75, 3.05) is 12.4 Å². The molecule has 1 amide bonds. The molecule has 1 saturated heterocycles. The van der Waals surface area contributed by atoms with Crippen molar-refractivity contribution in [3.05, 3.63) is 65.5 Å². The molecular formula is C23H21ClFN7O4. The van der Waals surface area contributed by atoms with Gasteiger partial charge in [-0.15, -0.1) is 0 Å². The van der Waals surface area contributed by atoms with Gasteiger partial charge in [0, 0.05) is 30.4 Å². The second-order valence-electron chi connectivity index (χ2n) is 8.14. The Kier molecular flexibility index (Phi) is 6.49. The van der Waals surface area contributed by atoms with Crippen molar-refractivity contribution in [1.29, 1.82) is 0 Å². The number of nitrogens with zero attached hydrogens (tertiary/aromatic N) is 5. The first-order chi connectivity index (χ1) is 17.4. The normalized spacial score (nSPS) is 21.6. The maximum atomic E-state index is 13.9. The Morgan fingerprint density at radius 2 is 2.06 bits per heavy atom. The van der Waals surface area contributed by atoms with Gasteiger partial charge < -0.3 is 25.6 Å². The quantitative estimate of drug-likeness (QED) is 0.302. The molecule has 13 heteroatoms. The number of carbonyl (C=O) groups is 1. The maximum Gasteiger partial charge on any atom is 0.251 e. The number of aliphatic hydroxyl groups is 2. The number of nitrogens with one attached hydrogen (secondary N) is 2. The molecule has 4 N–H and O–H groups in total. The molecule has 4 atom stereocenters. The second kappa shape index (κ2) is 9.74. The van der Waals surface area contributed by atoms with Crippen LogP contribution < -0.4 is 10.6 Å². The van der Waals surface area contributed by atoms with Gasteiger partial charge in [0.15, 0.2) is 35.1 Å². The maximum absolute atomic E-state index is 13.9. The highest BCUT2D eigenvalue weighted by atomic mass is 35.5. The third kappa shape index (κ3) is 4.46. The molecule has 1 aliphatic heterocycles. The summed E-state index contributed by atoms with van der Waals surface area (Å²) in [5.74, 6) is -0.683. The molecule has 36 heavy (non-hydrogen) atoms. The molecule has 1 aliphatic rings. The van der Waals surface area contributed by atoms with Crippen LogP contribution >= 0.6 is 11.6 Å². The van der Waals surface area contributed by atoms with E-state index >= 15 is 0 Å². The highest BCUT2D eigenvalue weighted by molar-refractivity contribution is 6.30. The zero-order valence-corrected chi connectivity index (χ0v) is 19.6. The lowest BCUT2D eigenvalue weighted by atomic mass is 10.1. The van der Waals surface area contributed by atoms with Gasteiger partial charge in [-0.25, -0.2) is 19.3 Å². The molecule has 1 aromatic carbocycles. The van der Waals surface area contributed by atoms with Gasteiger partial charge in [0.25, 0.3) is 5.91 Å². The van der Waals surface area contributed by atoms with Gasteiger partial charge in [-0.05, 0) is 23.8 Å². The summed E-state index contributed by atoms with van der Waals surface area (Å²) in [6, 6.07) is 8.50. The minimum absolute atomic E-state index is 0.140. The molecule has 0 bridgehead atoms. The SMILES string of the molecule is CNC(=O)[C@H]1O[C@@H](n2cnc3c(NCc4cccc(Cl)c4)nc(-c4cncc(F)c4)nc32)[C@H](O)[C@@H]1O. The molecule has 11 nitrogen and oxygen atoms in total. The summed E-state index contributed by atoms with van der Waals surface area (Å²) in [5.41, 5.74) is 1.76. The van der Waals surface area contributed by atoms with Crippen molar-refractivity contribution in [2.45, 2.75) is 31.1 Å². The van der Waals surface area contributed by atoms with Gasteiger partial charge in [0.2, 0.25) is 0 Å². The largest absolute Gasteiger partial charge is 0.387 e. The average Bonchev–Trinajstić information content (AvgIpc) is 3.43. The van der Waals surface area contributed by atoms with E-state index in [0.717, 1.165) is 11.8 Å².